The van der Waals surface area contributed by atoms with Crippen LogP contribution in [0.15, 0.2) is 18.2 Å². The molecule has 88 valence electrons. The van der Waals surface area contributed by atoms with E-state index in [1.54, 1.807) is 0 Å². The molecule has 1 N–H and O–H groups in total. The van der Waals surface area contributed by atoms with E-state index < -0.39 is 17.0 Å². The molecule has 17 heavy (non-hydrogen) atoms. The van der Waals surface area contributed by atoms with Gasteiger partial charge in [-0.2, -0.15) is 5.26 Å². The maximum Gasteiger partial charge on any atom is 0.240 e. The van der Waals surface area contributed by atoms with E-state index in [1.165, 1.54) is 6.07 Å². The van der Waals surface area contributed by atoms with Crippen molar-refractivity contribution in [2.45, 2.75) is 19.4 Å². The van der Waals surface area contributed by atoms with Gasteiger partial charge in [-0.3, -0.25) is 4.79 Å². The fraction of sp³-hybridized carbons (Fsp3) is 0.333. The molecule has 0 spiro atoms. The van der Waals surface area contributed by atoms with Gasteiger partial charge in [0.15, 0.2) is 0 Å². The van der Waals surface area contributed by atoms with E-state index in [9.17, 15) is 13.6 Å². The van der Waals surface area contributed by atoms with Crippen molar-refractivity contribution in [1.29, 1.82) is 5.26 Å². The molecule has 1 saturated carbocycles. The van der Waals surface area contributed by atoms with Gasteiger partial charge in [0, 0.05) is 18.2 Å². The molecule has 1 aliphatic carbocycles. The maximum atomic E-state index is 13.2. The molecule has 2 rings (SSSR count). The van der Waals surface area contributed by atoms with Gasteiger partial charge in [0.1, 0.15) is 17.0 Å². The average Bonchev–Trinajstić information content (AvgIpc) is 3.08. The van der Waals surface area contributed by atoms with Gasteiger partial charge in [0.25, 0.3) is 0 Å². The van der Waals surface area contributed by atoms with Crippen LogP contribution in [-0.2, 0) is 11.3 Å². The summed E-state index contributed by atoms with van der Waals surface area (Å²) in [6.45, 7) is -0.0334. The Morgan fingerprint density at radius 2 is 2.18 bits per heavy atom. The maximum absolute atomic E-state index is 13.2. The van der Waals surface area contributed by atoms with Crippen LogP contribution in [0.1, 0.15) is 18.4 Å². The molecule has 3 nitrogen and oxygen atoms in total. The second-order valence-electron chi connectivity index (χ2n) is 4.11. The zero-order valence-electron chi connectivity index (χ0n) is 8.96. The smallest absolute Gasteiger partial charge is 0.240 e. The lowest BCUT2D eigenvalue weighted by Gasteiger charge is -2.08. The summed E-state index contributed by atoms with van der Waals surface area (Å²) in [6.07, 6.45) is 1.09. The number of amides is 1. The number of carbonyl (C=O) groups excluding carboxylic acids is 1. The fourth-order valence-corrected chi connectivity index (χ4v) is 1.52. The first-order valence-corrected chi connectivity index (χ1v) is 5.21. The van der Waals surface area contributed by atoms with Crippen molar-refractivity contribution in [2.75, 3.05) is 0 Å². The predicted molar refractivity (Wildman–Crippen MR) is 55.5 cm³/mol. The van der Waals surface area contributed by atoms with Crippen LogP contribution in [0.5, 0.6) is 0 Å². The Morgan fingerprint density at radius 1 is 1.47 bits per heavy atom. The highest BCUT2D eigenvalue weighted by atomic mass is 19.1. The van der Waals surface area contributed by atoms with E-state index in [0.717, 1.165) is 12.1 Å². The highest BCUT2D eigenvalue weighted by Gasteiger charge is 2.50. The topological polar surface area (TPSA) is 52.9 Å². The first-order chi connectivity index (χ1) is 8.07. The lowest BCUT2D eigenvalue weighted by molar-refractivity contribution is -0.124. The molecule has 0 heterocycles. The van der Waals surface area contributed by atoms with Gasteiger partial charge in [0.05, 0.1) is 6.07 Å². The van der Waals surface area contributed by atoms with Crippen molar-refractivity contribution in [3.05, 3.63) is 35.4 Å². The van der Waals surface area contributed by atoms with Crippen LogP contribution in [-0.4, -0.2) is 5.91 Å². The minimum atomic E-state index is -0.920. The van der Waals surface area contributed by atoms with E-state index in [2.05, 4.69) is 5.32 Å². The highest BCUT2D eigenvalue weighted by Crippen LogP contribution is 2.45. The molecule has 0 aliphatic heterocycles. The molecule has 1 aromatic rings. The van der Waals surface area contributed by atoms with E-state index in [0.29, 0.717) is 12.8 Å². The summed E-state index contributed by atoms with van der Waals surface area (Å²) in [5.41, 5.74) is -0.718. The molecule has 0 radical (unpaired) electrons. The van der Waals surface area contributed by atoms with Gasteiger partial charge < -0.3 is 5.32 Å². The molecule has 1 aliphatic rings. The zero-order valence-corrected chi connectivity index (χ0v) is 8.96. The second kappa shape index (κ2) is 4.13. The number of nitrogens with one attached hydrogen (secondary N) is 1. The van der Waals surface area contributed by atoms with Crippen molar-refractivity contribution in [2.24, 2.45) is 5.41 Å². The summed E-state index contributed by atoms with van der Waals surface area (Å²) >= 11 is 0. The van der Waals surface area contributed by atoms with Crippen molar-refractivity contribution in [3.8, 4) is 6.07 Å². The molecule has 0 bridgehead atoms. The van der Waals surface area contributed by atoms with E-state index in [4.69, 9.17) is 5.26 Å². The number of rotatable bonds is 3. The van der Waals surface area contributed by atoms with Gasteiger partial charge in [0.2, 0.25) is 5.91 Å². The minimum absolute atomic E-state index is 0.0334. The highest BCUT2D eigenvalue weighted by molar-refractivity contribution is 5.88. The average molecular weight is 236 g/mol. The Balaban J connectivity index is 1.99. The van der Waals surface area contributed by atoms with Crippen molar-refractivity contribution in [1.82, 2.24) is 5.32 Å². The summed E-state index contributed by atoms with van der Waals surface area (Å²) in [4.78, 5) is 11.6. The lowest BCUT2D eigenvalue weighted by Crippen LogP contribution is -2.30. The number of hydrogen-bond donors (Lipinski definition) is 1. The van der Waals surface area contributed by atoms with E-state index in [1.807, 2.05) is 6.07 Å². The molecule has 0 saturated heterocycles. The van der Waals surface area contributed by atoms with Crippen LogP contribution in [0.3, 0.4) is 0 Å². The summed E-state index contributed by atoms with van der Waals surface area (Å²) in [7, 11) is 0. The summed E-state index contributed by atoms with van der Waals surface area (Å²) in [5.74, 6) is -1.75. The Kier molecular flexibility index (Phi) is 2.80. The fourth-order valence-electron chi connectivity index (χ4n) is 1.52. The molecule has 0 unspecified atom stereocenters. The van der Waals surface area contributed by atoms with Crippen LogP contribution in [0.25, 0.3) is 0 Å². The largest absolute Gasteiger partial charge is 0.351 e. The Bertz CT molecular complexity index is 504. The van der Waals surface area contributed by atoms with E-state index in [-0.39, 0.29) is 18.0 Å². The number of nitriles is 1. The van der Waals surface area contributed by atoms with Crippen LogP contribution in [0, 0.1) is 28.4 Å². The van der Waals surface area contributed by atoms with Crippen molar-refractivity contribution >= 4 is 5.91 Å². The second-order valence-corrected chi connectivity index (χ2v) is 4.11. The van der Waals surface area contributed by atoms with E-state index >= 15 is 0 Å². The third-order valence-corrected chi connectivity index (χ3v) is 2.85. The number of benzene rings is 1. The van der Waals surface area contributed by atoms with Crippen LogP contribution in [0.2, 0.25) is 0 Å². The molecule has 0 aromatic heterocycles. The quantitative estimate of drug-likeness (QED) is 0.871. The van der Waals surface area contributed by atoms with Crippen molar-refractivity contribution in [3.63, 3.8) is 0 Å². The Labute approximate surface area is 97.1 Å². The summed E-state index contributed by atoms with van der Waals surface area (Å²) < 4.78 is 25.9. The molecule has 1 aromatic carbocycles. The van der Waals surface area contributed by atoms with Crippen molar-refractivity contribution < 1.29 is 13.6 Å². The number of carbonyl (C=O) groups is 1. The third-order valence-electron chi connectivity index (χ3n) is 2.85. The Morgan fingerprint density at radius 3 is 2.71 bits per heavy atom. The van der Waals surface area contributed by atoms with Gasteiger partial charge >= 0.3 is 0 Å². The van der Waals surface area contributed by atoms with Crippen LogP contribution in [0.4, 0.5) is 8.78 Å². The van der Waals surface area contributed by atoms with Crippen LogP contribution >= 0.6 is 0 Å². The number of halogens is 2. The predicted octanol–water partition coefficient (Wildman–Crippen LogP) is 1.88. The van der Waals surface area contributed by atoms with Gasteiger partial charge in [-0.05, 0) is 18.9 Å². The molecular weight excluding hydrogens is 226 g/mol. The van der Waals surface area contributed by atoms with Crippen LogP contribution < -0.4 is 5.32 Å². The van der Waals surface area contributed by atoms with Gasteiger partial charge in [-0.1, -0.05) is 6.07 Å². The number of hydrogen-bond acceptors (Lipinski definition) is 2. The normalized spacial score (nSPS) is 16.1. The summed E-state index contributed by atoms with van der Waals surface area (Å²) in [6, 6.07) is 5.11. The first-order valence-electron chi connectivity index (χ1n) is 5.21. The molecular formula is C12H10F2N2O. The standard InChI is InChI=1S/C12H10F2N2O/c13-9-2-1-8(10(14)5-9)6-16-11(17)12(7-15)3-4-12/h1-2,5H,3-4,6H2,(H,16,17). The first kappa shape index (κ1) is 11.5. The third kappa shape index (κ3) is 2.26. The monoisotopic (exact) mass is 236 g/mol. The minimum Gasteiger partial charge on any atom is -0.351 e. The number of nitrogens with zero attached hydrogens (tertiary/aromatic N) is 1. The SMILES string of the molecule is N#CC1(C(=O)NCc2ccc(F)cc2F)CC1. The molecule has 1 fully saturated rings. The Hall–Kier alpha value is -1.96. The van der Waals surface area contributed by atoms with Gasteiger partial charge in [-0.15, -0.1) is 0 Å². The lowest BCUT2D eigenvalue weighted by atomic mass is 10.1. The molecule has 0 atom stereocenters. The molecule has 1 amide bonds. The van der Waals surface area contributed by atoms with Gasteiger partial charge in [-0.25, -0.2) is 8.78 Å². The molecule has 5 heteroatoms. The summed E-state index contributed by atoms with van der Waals surface area (Å²) in [5, 5.41) is 11.3. The zero-order chi connectivity index (χ0) is 12.5.